The van der Waals surface area contributed by atoms with Crippen molar-refractivity contribution < 1.29 is 23.0 Å². The van der Waals surface area contributed by atoms with Gasteiger partial charge in [0.15, 0.2) is 11.5 Å². The molecule has 0 amide bonds. The van der Waals surface area contributed by atoms with Crippen LogP contribution in [0.15, 0.2) is 34.0 Å². The van der Waals surface area contributed by atoms with E-state index in [2.05, 4.69) is 19.7 Å². The van der Waals surface area contributed by atoms with Gasteiger partial charge in [0, 0.05) is 4.91 Å². The molecule has 1 N–H and O–H groups in total. The summed E-state index contributed by atoms with van der Waals surface area (Å²) in [6, 6.07) is 4.03. The molecule has 20 heavy (non-hydrogen) atoms. The standard InChI is InChI=1S/C11H8F2N4O3/c12-11(13)20-9-7(2-1-3-8(9)18)10-16-6(5-19-10)4-15-17-14/h1-3,5,11,18H,4H2. The van der Waals surface area contributed by atoms with Gasteiger partial charge in [-0.25, -0.2) is 4.98 Å². The lowest BCUT2D eigenvalue weighted by atomic mass is 10.2. The van der Waals surface area contributed by atoms with E-state index in [0.29, 0.717) is 5.69 Å². The first-order chi connectivity index (χ1) is 9.61. The molecule has 0 aliphatic rings. The summed E-state index contributed by atoms with van der Waals surface area (Å²) in [6.45, 7) is -3.14. The van der Waals surface area contributed by atoms with Crippen molar-refractivity contribution >= 4 is 0 Å². The van der Waals surface area contributed by atoms with Gasteiger partial charge in [-0.1, -0.05) is 11.2 Å². The van der Waals surface area contributed by atoms with Crippen LogP contribution in [0, 0.1) is 0 Å². The summed E-state index contributed by atoms with van der Waals surface area (Å²) < 4.78 is 34.0. The number of hydrogen-bond donors (Lipinski definition) is 1. The number of rotatable bonds is 5. The monoisotopic (exact) mass is 282 g/mol. The van der Waals surface area contributed by atoms with Crippen molar-refractivity contribution in [1.29, 1.82) is 0 Å². The van der Waals surface area contributed by atoms with Crippen LogP contribution in [0.3, 0.4) is 0 Å². The molecule has 1 aromatic carbocycles. The van der Waals surface area contributed by atoms with E-state index in [1.54, 1.807) is 0 Å². The van der Waals surface area contributed by atoms with E-state index in [4.69, 9.17) is 9.95 Å². The third-order valence-electron chi connectivity index (χ3n) is 2.28. The van der Waals surface area contributed by atoms with Crippen LogP contribution in [0.2, 0.25) is 0 Å². The van der Waals surface area contributed by atoms with E-state index in [9.17, 15) is 13.9 Å². The van der Waals surface area contributed by atoms with Gasteiger partial charge in [-0.15, -0.1) is 0 Å². The maximum atomic E-state index is 12.3. The molecule has 7 nitrogen and oxygen atoms in total. The van der Waals surface area contributed by atoms with Gasteiger partial charge in [-0.05, 0) is 17.7 Å². The number of aromatic nitrogens is 1. The minimum Gasteiger partial charge on any atom is -0.504 e. The molecule has 2 rings (SSSR count). The molecule has 1 heterocycles. The number of oxazole rings is 1. The minimum atomic E-state index is -3.10. The Hall–Kier alpha value is -2.80. The summed E-state index contributed by atoms with van der Waals surface area (Å²) in [7, 11) is 0. The Morgan fingerprint density at radius 1 is 1.50 bits per heavy atom. The van der Waals surface area contributed by atoms with Gasteiger partial charge in [0.25, 0.3) is 0 Å². The predicted octanol–water partition coefficient (Wildman–Crippen LogP) is 3.46. The molecule has 0 unspecified atom stereocenters. The molecule has 9 heteroatoms. The molecule has 0 saturated heterocycles. The summed E-state index contributed by atoms with van der Waals surface area (Å²) in [4.78, 5) is 6.52. The van der Waals surface area contributed by atoms with Crippen LogP contribution < -0.4 is 4.74 Å². The summed E-state index contributed by atoms with van der Waals surface area (Å²) in [5.74, 6) is -0.919. The van der Waals surface area contributed by atoms with E-state index in [1.807, 2.05) is 0 Å². The fraction of sp³-hybridized carbons (Fsp3) is 0.182. The lowest BCUT2D eigenvalue weighted by Gasteiger charge is -2.09. The zero-order valence-electron chi connectivity index (χ0n) is 9.90. The highest BCUT2D eigenvalue weighted by atomic mass is 19.3. The molecule has 0 atom stereocenters. The molecule has 0 spiro atoms. The second-order valence-electron chi connectivity index (χ2n) is 3.57. The molecular formula is C11H8F2N4O3. The maximum absolute atomic E-state index is 12.3. The van der Waals surface area contributed by atoms with Gasteiger partial charge in [0.2, 0.25) is 5.89 Å². The van der Waals surface area contributed by atoms with Crippen molar-refractivity contribution in [3.8, 4) is 23.0 Å². The number of nitrogens with zero attached hydrogens (tertiary/aromatic N) is 4. The second-order valence-corrected chi connectivity index (χ2v) is 3.57. The largest absolute Gasteiger partial charge is 0.504 e. The lowest BCUT2D eigenvalue weighted by Crippen LogP contribution is -2.03. The second kappa shape index (κ2) is 5.89. The van der Waals surface area contributed by atoms with Crippen LogP contribution >= 0.6 is 0 Å². The Balaban J connectivity index is 2.38. The molecular weight excluding hydrogens is 274 g/mol. The Morgan fingerprint density at radius 2 is 2.30 bits per heavy atom. The average molecular weight is 282 g/mol. The third-order valence-corrected chi connectivity index (χ3v) is 2.28. The van der Waals surface area contributed by atoms with Crippen molar-refractivity contribution in [3.63, 3.8) is 0 Å². The van der Waals surface area contributed by atoms with Gasteiger partial charge in [-0.2, -0.15) is 8.78 Å². The number of para-hydroxylation sites is 1. The Morgan fingerprint density at radius 3 is 3.00 bits per heavy atom. The highest BCUT2D eigenvalue weighted by Gasteiger charge is 2.18. The topological polar surface area (TPSA) is 104 Å². The van der Waals surface area contributed by atoms with E-state index < -0.39 is 18.1 Å². The smallest absolute Gasteiger partial charge is 0.387 e. The van der Waals surface area contributed by atoms with E-state index >= 15 is 0 Å². The zero-order chi connectivity index (χ0) is 14.5. The Bertz CT molecular complexity index is 653. The number of halogens is 2. The fourth-order valence-corrected chi connectivity index (χ4v) is 1.51. The van der Waals surface area contributed by atoms with E-state index in [-0.39, 0.29) is 18.0 Å². The number of phenols is 1. The SMILES string of the molecule is [N-]=[N+]=NCc1coc(-c2cccc(O)c2OC(F)F)n1. The lowest BCUT2D eigenvalue weighted by molar-refractivity contribution is -0.0509. The first-order valence-electron chi connectivity index (χ1n) is 5.34. The summed E-state index contributed by atoms with van der Waals surface area (Å²) in [5.41, 5.74) is 8.58. The number of phenolic OH excluding ortho intramolecular Hbond substituents is 1. The fourth-order valence-electron chi connectivity index (χ4n) is 1.51. The van der Waals surface area contributed by atoms with Crippen LogP contribution in [0.5, 0.6) is 11.5 Å². The molecule has 0 radical (unpaired) electrons. The molecule has 1 aromatic heterocycles. The van der Waals surface area contributed by atoms with Gasteiger partial charge in [-0.3, -0.25) is 0 Å². The maximum Gasteiger partial charge on any atom is 0.387 e. The summed E-state index contributed by atoms with van der Waals surface area (Å²) >= 11 is 0. The van der Waals surface area contributed by atoms with Crippen LogP contribution in [-0.4, -0.2) is 16.7 Å². The minimum absolute atomic E-state index is 0.0281. The number of benzene rings is 1. The highest BCUT2D eigenvalue weighted by molar-refractivity contribution is 5.67. The van der Waals surface area contributed by atoms with Gasteiger partial charge in [0.05, 0.1) is 17.8 Å². The van der Waals surface area contributed by atoms with E-state index in [0.717, 1.165) is 0 Å². The zero-order valence-corrected chi connectivity index (χ0v) is 9.90. The van der Waals surface area contributed by atoms with Crippen LogP contribution in [-0.2, 0) is 6.54 Å². The van der Waals surface area contributed by atoms with Crippen molar-refractivity contribution in [3.05, 3.63) is 40.6 Å². The van der Waals surface area contributed by atoms with Crippen molar-refractivity contribution in [2.75, 3.05) is 0 Å². The Kier molecular flexibility index (Phi) is 4.02. The van der Waals surface area contributed by atoms with E-state index in [1.165, 1.54) is 24.5 Å². The van der Waals surface area contributed by atoms with Crippen LogP contribution in [0.1, 0.15) is 5.69 Å². The van der Waals surface area contributed by atoms with Gasteiger partial charge in [0.1, 0.15) is 6.26 Å². The number of azide groups is 1. The van der Waals surface area contributed by atoms with Gasteiger partial charge < -0.3 is 14.3 Å². The molecule has 0 bridgehead atoms. The molecule has 0 aliphatic carbocycles. The summed E-state index contributed by atoms with van der Waals surface area (Å²) in [5, 5.41) is 12.9. The Labute approximate surface area is 111 Å². The van der Waals surface area contributed by atoms with Crippen LogP contribution in [0.4, 0.5) is 8.78 Å². The number of hydrogen-bond acceptors (Lipinski definition) is 5. The molecule has 0 fully saturated rings. The van der Waals surface area contributed by atoms with Crippen LogP contribution in [0.25, 0.3) is 21.9 Å². The van der Waals surface area contributed by atoms with Crippen molar-refractivity contribution in [1.82, 2.24) is 4.98 Å². The number of alkyl halides is 2. The molecule has 104 valence electrons. The quantitative estimate of drug-likeness (QED) is 0.515. The molecule has 2 aromatic rings. The number of ether oxygens (including phenoxy) is 1. The highest BCUT2D eigenvalue weighted by Crippen LogP contribution is 2.37. The first kappa shape index (κ1) is 13.6. The molecule has 0 saturated carbocycles. The van der Waals surface area contributed by atoms with Gasteiger partial charge >= 0.3 is 6.61 Å². The predicted molar refractivity (Wildman–Crippen MR) is 63.1 cm³/mol. The normalized spacial score (nSPS) is 10.3. The average Bonchev–Trinajstić information content (AvgIpc) is 2.87. The number of aromatic hydroxyl groups is 1. The summed E-state index contributed by atoms with van der Waals surface area (Å²) in [6.07, 6.45) is 1.22. The third kappa shape index (κ3) is 2.96. The van der Waals surface area contributed by atoms with Crippen molar-refractivity contribution in [2.24, 2.45) is 5.11 Å². The van der Waals surface area contributed by atoms with Crippen molar-refractivity contribution in [2.45, 2.75) is 13.2 Å². The molecule has 0 aliphatic heterocycles. The first-order valence-corrected chi connectivity index (χ1v) is 5.34.